The van der Waals surface area contributed by atoms with Crippen molar-refractivity contribution in [3.05, 3.63) is 42.0 Å². The van der Waals surface area contributed by atoms with Crippen LogP contribution in [0.1, 0.15) is 31.5 Å². The molecular formula is C18H25N5O2. The minimum absolute atomic E-state index is 0.0440. The summed E-state index contributed by atoms with van der Waals surface area (Å²) in [6.45, 7) is 5.83. The van der Waals surface area contributed by atoms with E-state index in [2.05, 4.69) is 20.6 Å². The highest BCUT2D eigenvalue weighted by Gasteiger charge is 2.17. The number of amides is 2. The Kier molecular flexibility index (Phi) is 6.30. The number of aromatic amines is 1. The molecule has 7 nitrogen and oxygen atoms in total. The van der Waals surface area contributed by atoms with Gasteiger partial charge in [0.25, 0.3) is 0 Å². The standard InChI is InChI=1S/C18H25N5O2/c1-11(2)7-17(24)22-15-5-4-6-16(12(15)3)23-18(25)14(19)8-13-9-20-10-21-13/h4-6,9-11,14H,7-8,19H2,1-3H3,(H,20,21)(H,22,24)(H,23,25)/t14-/m0/s1. The smallest absolute Gasteiger partial charge is 0.241 e. The lowest BCUT2D eigenvalue weighted by Gasteiger charge is -2.16. The average molecular weight is 343 g/mol. The summed E-state index contributed by atoms with van der Waals surface area (Å²) in [6, 6.07) is 4.69. The van der Waals surface area contributed by atoms with E-state index in [1.807, 2.05) is 26.8 Å². The topological polar surface area (TPSA) is 113 Å². The van der Waals surface area contributed by atoms with E-state index < -0.39 is 6.04 Å². The minimum Gasteiger partial charge on any atom is -0.348 e. The molecule has 5 N–H and O–H groups in total. The second-order valence-corrected chi connectivity index (χ2v) is 6.50. The maximum Gasteiger partial charge on any atom is 0.241 e. The van der Waals surface area contributed by atoms with Gasteiger partial charge in [0.05, 0.1) is 12.4 Å². The van der Waals surface area contributed by atoms with Gasteiger partial charge in [-0.1, -0.05) is 19.9 Å². The van der Waals surface area contributed by atoms with Crippen molar-refractivity contribution in [2.45, 2.75) is 39.7 Å². The van der Waals surface area contributed by atoms with Crippen LogP contribution in [0.5, 0.6) is 0 Å². The Balaban J connectivity index is 2.03. The van der Waals surface area contributed by atoms with Crippen LogP contribution in [0.2, 0.25) is 0 Å². The van der Waals surface area contributed by atoms with Crippen molar-refractivity contribution in [1.82, 2.24) is 9.97 Å². The molecule has 1 atom stereocenters. The molecule has 25 heavy (non-hydrogen) atoms. The van der Waals surface area contributed by atoms with E-state index in [9.17, 15) is 9.59 Å². The third-order valence-corrected chi connectivity index (χ3v) is 3.79. The average Bonchev–Trinajstić information content (AvgIpc) is 3.03. The second-order valence-electron chi connectivity index (χ2n) is 6.50. The molecule has 0 aliphatic carbocycles. The molecule has 0 bridgehead atoms. The summed E-state index contributed by atoms with van der Waals surface area (Å²) in [6.07, 6.45) is 4.01. The predicted molar refractivity (Wildman–Crippen MR) is 98.2 cm³/mol. The molecule has 0 spiro atoms. The summed E-state index contributed by atoms with van der Waals surface area (Å²) in [4.78, 5) is 31.1. The van der Waals surface area contributed by atoms with Gasteiger partial charge in [0.1, 0.15) is 0 Å². The fourth-order valence-corrected chi connectivity index (χ4v) is 2.43. The molecule has 2 amide bonds. The van der Waals surface area contributed by atoms with Crippen molar-refractivity contribution < 1.29 is 9.59 Å². The first-order valence-corrected chi connectivity index (χ1v) is 8.30. The molecule has 1 aromatic heterocycles. The number of rotatable bonds is 7. The molecule has 7 heteroatoms. The fraction of sp³-hybridized carbons (Fsp3) is 0.389. The van der Waals surface area contributed by atoms with Gasteiger partial charge >= 0.3 is 0 Å². The van der Waals surface area contributed by atoms with Gasteiger partial charge < -0.3 is 21.4 Å². The van der Waals surface area contributed by atoms with Gasteiger partial charge in [0.2, 0.25) is 11.8 Å². The molecule has 0 fully saturated rings. The number of nitrogens with one attached hydrogen (secondary N) is 3. The van der Waals surface area contributed by atoms with Gasteiger partial charge in [-0.2, -0.15) is 0 Å². The lowest BCUT2D eigenvalue weighted by molar-refractivity contribution is -0.117. The van der Waals surface area contributed by atoms with Crippen molar-refractivity contribution in [3.63, 3.8) is 0 Å². The van der Waals surface area contributed by atoms with Crippen molar-refractivity contribution in [2.24, 2.45) is 11.7 Å². The van der Waals surface area contributed by atoms with Crippen molar-refractivity contribution in [3.8, 4) is 0 Å². The molecule has 134 valence electrons. The normalized spacial score (nSPS) is 12.0. The van der Waals surface area contributed by atoms with E-state index in [4.69, 9.17) is 5.73 Å². The zero-order valence-electron chi connectivity index (χ0n) is 14.8. The minimum atomic E-state index is -0.695. The number of anilines is 2. The zero-order chi connectivity index (χ0) is 18.4. The van der Waals surface area contributed by atoms with Crippen molar-refractivity contribution in [1.29, 1.82) is 0 Å². The number of aromatic nitrogens is 2. The van der Waals surface area contributed by atoms with Crippen LogP contribution in [0.15, 0.2) is 30.7 Å². The van der Waals surface area contributed by atoms with Crippen LogP contribution in [0, 0.1) is 12.8 Å². The van der Waals surface area contributed by atoms with Crippen molar-refractivity contribution in [2.75, 3.05) is 10.6 Å². The van der Waals surface area contributed by atoms with Gasteiger partial charge in [-0.3, -0.25) is 9.59 Å². The summed E-state index contributed by atoms with van der Waals surface area (Å²) >= 11 is 0. The maximum atomic E-state index is 12.3. The summed E-state index contributed by atoms with van der Waals surface area (Å²) in [5.74, 6) is -0.0513. The van der Waals surface area contributed by atoms with Crippen LogP contribution >= 0.6 is 0 Å². The van der Waals surface area contributed by atoms with E-state index in [0.29, 0.717) is 24.2 Å². The molecule has 0 aliphatic rings. The van der Waals surface area contributed by atoms with Crippen LogP contribution in [0.25, 0.3) is 0 Å². The number of hydrogen-bond donors (Lipinski definition) is 4. The molecule has 0 unspecified atom stereocenters. The number of benzene rings is 1. The highest BCUT2D eigenvalue weighted by Crippen LogP contribution is 2.24. The van der Waals surface area contributed by atoms with E-state index in [1.165, 1.54) is 0 Å². The monoisotopic (exact) mass is 343 g/mol. The third kappa shape index (κ3) is 5.42. The Morgan fingerprint density at radius 1 is 1.24 bits per heavy atom. The number of imidazole rings is 1. The van der Waals surface area contributed by atoms with Crippen LogP contribution in [0.3, 0.4) is 0 Å². The molecule has 2 rings (SSSR count). The number of H-pyrrole nitrogens is 1. The number of carbonyl (C=O) groups excluding carboxylic acids is 2. The lowest BCUT2D eigenvalue weighted by atomic mass is 10.1. The second kappa shape index (κ2) is 8.43. The summed E-state index contributed by atoms with van der Waals surface area (Å²) in [5.41, 5.74) is 8.86. The third-order valence-electron chi connectivity index (χ3n) is 3.79. The molecule has 1 heterocycles. The first-order valence-electron chi connectivity index (χ1n) is 8.30. The van der Waals surface area contributed by atoms with Crippen LogP contribution < -0.4 is 16.4 Å². The van der Waals surface area contributed by atoms with Crippen LogP contribution in [-0.4, -0.2) is 27.8 Å². The number of nitrogens with two attached hydrogens (primary N) is 1. The highest BCUT2D eigenvalue weighted by atomic mass is 16.2. The van der Waals surface area contributed by atoms with Crippen LogP contribution in [0.4, 0.5) is 11.4 Å². The Labute approximate surface area is 147 Å². The molecule has 2 aromatic rings. The first-order chi connectivity index (χ1) is 11.9. The largest absolute Gasteiger partial charge is 0.348 e. The van der Waals surface area contributed by atoms with E-state index in [0.717, 1.165) is 11.3 Å². The molecule has 0 saturated carbocycles. The Morgan fingerprint density at radius 2 is 1.92 bits per heavy atom. The Hall–Kier alpha value is -2.67. The molecule has 0 radical (unpaired) electrons. The van der Waals surface area contributed by atoms with Gasteiger partial charge in [0, 0.05) is 36.1 Å². The number of nitrogens with zero attached hydrogens (tertiary/aromatic N) is 1. The predicted octanol–water partition coefficient (Wildman–Crippen LogP) is 2.21. The number of hydrogen-bond acceptors (Lipinski definition) is 4. The molecule has 0 saturated heterocycles. The van der Waals surface area contributed by atoms with E-state index in [-0.39, 0.29) is 17.7 Å². The maximum absolute atomic E-state index is 12.3. The molecule has 0 aliphatic heterocycles. The first kappa shape index (κ1) is 18.7. The zero-order valence-corrected chi connectivity index (χ0v) is 14.8. The molecular weight excluding hydrogens is 318 g/mol. The SMILES string of the molecule is Cc1c(NC(=O)CC(C)C)cccc1NC(=O)[C@@H](N)Cc1cnc[nH]1. The van der Waals surface area contributed by atoms with Gasteiger partial charge in [-0.25, -0.2) is 4.98 Å². The highest BCUT2D eigenvalue weighted by molar-refractivity contribution is 5.98. The quantitative estimate of drug-likeness (QED) is 0.617. The van der Waals surface area contributed by atoms with E-state index >= 15 is 0 Å². The van der Waals surface area contributed by atoms with Gasteiger partial charge in [-0.15, -0.1) is 0 Å². The van der Waals surface area contributed by atoms with Gasteiger partial charge in [0.15, 0.2) is 0 Å². The summed E-state index contributed by atoms with van der Waals surface area (Å²) in [5, 5.41) is 5.71. The van der Waals surface area contributed by atoms with Crippen LogP contribution in [-0.2, 0) is 16.0 Å². The summed E-state index contributed by atoms with van der Waals surface area (Å²) in [7, 11) is 0. The van der Waals surface area contributed by atoms with Crippen molar-refractivity contribution >= 4 is 23.2 Å². The number of carbonyl (C=O) groups is 2. The summed E-state index contributed by atoms with van der Waals surface area (Å²) < 4.78 is 0. The Morgan fingerprint density at radius 3 is 2.52 bits per heavy atom. The lowest BCUT2D eigenvalue weighted by Crippen LogP contribution is -2.37. The fourth-order valence-electron chi connectivity index (χ4n) is 2.43. The van der Waals surface area contributed by atoms with Gasteiger partial charge in [-0.05, 0) is 30.5 Å². The van der Waals surface area contributed by atoms with E-state index in [1.54, 1.807) is 24.7 Å². The Bertz CT molecular complexity index is 725. The molecule has 1 aromatic carbocycles.